The number of primary amides is 1. The molecule has 2 aromatic rings. The van der Waals surface area contributed by atoms with Crippen molar-refractivity contribution in [2.24, 2.45) is 5.73 Å². The van der Waals surface area contributed by atoms with E-state index in [1.165, 1.54) is 0 Å². The van der Waals surface area contributed by atoms with Crippen LogP contribution in [-0.2, 0) is 4.79 Å². The van der Waals surface area contributed by atoms with Crippen LogP contribution in [0.3, 0.4) is 0 Å². The third-order valence-electron chi connectivity index (χ3n) is 3.46. The summed E-state index contributed by atoms with van der Waals surface area (Å²) < 4.78 is 0. The monoisotopic (exact) mass is 268 g/mol. The zero-order valence-electron chi connectivity index (χ0n) is 12.0. The lowest BCUT2D eigenvalue weighted by atomic mass is 9.87. The Morgan fingerprint density at radius 3 is 2.70 bits per heavy atom. The van der Waals surface area contributed by atoms with Crippen LogP contribution in [0.5, 0.6) is 0 Å². The summed E-state index contributed by atoms with van der Waals surface area (Å²) in [6.45, 7) is 4.03. The Bertz CT molecular complexity index is 607. The summed E-state index contributed by atoms with van der Waals surface area (Å²) in [6, 6.07) is 12.0. The standard InChI is InChI=1S/C17H20N2O/c1-3-6-16(17(18)20)15-8-5-4-7-14(15)13-9-10-19-12(2)11-13/h4-5,7-11,16H,3,6H2,1-2H3,(H2,18,20). The fourth-order valence-corrected chi connectivity index (χ4v) is 2.52. The lowest BCUT2D eigenvalue weighted by Gasteiger charge is -2.17. The lowest BCUT2D eigenvalue weighted by molar-refractivity contribution is -0.119. The Balaban J connectivity index is 2.52. The minimum atomic E-state index is -0.259. The maximum absolute atomic E-state index is 11.8. The van der Waals surface area contributed by atoms with Crippen LogP contribution in [0.25, 0.3) is 11.1 Å². The molecule has 0 radical (unpaired) electrons. The molecule has 0 saturated carbocycles. The van der Waals surface area contributed by atoms with Gasteiger partial charge >= 0.3 is 0 Å². The molecule has 1 heterocycles. The van der Waals surface area contributed by atoms with Crippen LogP contribution in [-0.4, -0.2) is 10.9 Å². The van der Waals surface area contributed by atoms with E-state index >= 15 is 0 Å². The van der Waals surface area contributed by atoms with Crippen molar-refractivity contribution in [1.29, 1.82) is 0 Å². The van der Waals surface area contributed by atoms with Crippen molar-refractivity contribution >= 4 is 5.91 Å². The van der Waals surface area contributed by atoms with Crippen LogP contribution in [0.4, 0.5) is 0 Å². The Kier molecular flexibility index (Phi) is 4.51. The second kappa shape index (κ2) is 6.33. The van der Waals surface area contributed by atoms with Crippen molar-refractivity contribution in [1.82, 2.24) is 4.98 Å². The van der Waals surface area contributed by atoms with E-state index < -0.39 is 0 Å². The molecule has 1 aromatic heterocycles. The van der Waals surface area contributed by atoms with Crippen molar-refractivity contribution in [3.63, 3.8) is 0 Å². The number of carbonyl (C=O) groups excluding carboxylic acids is 1. The molecule has 0 spiro atoms. The summed E-state index contributed by atoms with van der Waals surface area (Å²) in [6.07, 6.45) is 3.49. The topological polar surface area (TPSA) is 56.0 Å². The smallest absolute Gasteiger partial charge is 0.224 e. The van der Waals surface area contributed by atoms with E-state index in [0.717, 1.165) is 35.2 Å². The predicted molar refractivity (Wildman–Crippen MR) is 81.3 cm³/mol. The molecule has 3 nitrogen and oxygen atoms in total. The molecule has 0 aliphatic carbocycles. The van der Waals surface area contributed by atoms with E-state index in [9.17, 15) is 4.79 Å². The average Bonchev–Trinajstić information content (AvgIpc) is 2.44. The number of pyridine rings is 1. The molecule has 2 rings (SSSR count). The van der Waals surface area contributed by atoms with Gasteiger partial charge in [0.1, 0.15) is 0 Å². The van der Waals surface area contributed by atoms with Crippen LogP contribution >= 0.6 is 0 Å². The first-order valence-corrected chi connectivity index (χ1v) is 6.94. The number of carbonyl (C=O) groups is 1. The Morgan fingerprint density at radius 1 is 1.30 bits per heavy atom. The quantitative estimate of drug-likeness (QED) is 0.903. The molecule has 2 N–H and O–H groups in total. The third-order valence-corrected chi connectivity index (χ3v) is 3.46. The third kappa shape index (κ3) is 3.05. The first-order valence-electron chi connectivity index (χ1n) is 6.94. The predicted octanol–water partition coefficient (Wildman–Crippen LogP) is 3.43. The number of nitrogens with two attached hydrogens (primary N) is 1. The number of amides is 1. The SMILES string of the molecule is CCCC(C(N)=O)c1ccccc1-c1ccnc(C)c1. The van der Waals surface area contributed by atoms with Gasteiger partial charge in [-0.15, -0.1) is 0 Å². The molecule has 1 unspecified atom stereocenters. The van der Waals surface area contributed by atoms with E-state index in [4.69, 9.17) is 5.73 Å². The second-order valence-electron chi connectivity index (χ2n) is 5.02. The summed E-state index contributed by atoms with van der Waals surface area (Å²) in [5, 5.41) is 0. The molecular weight excluding hydrogens is 248 g/mol. The van der Waals surface area contributed by atoms with Crippen LogP contribution < -0.4 is 5.73 Å². The lowest BCUT2D eigenvalue weighted by Crippen LogP contribution is -2.21. The van der Waals surface area contributed by atoms with Gasteiger partial charge in [-0.2, -0.15) is 0 Å². The maximum atomic E-state index is 11.8. The summed E-state index contributed by atoms with van der Waals surface area (Å²) in [5.74, 6) is -0.491. The Hall–Kier alpha value is -2.16. The fourth-order valence-electron chi connectivity index (χ4n) is 2.52. The van der Waals surface area contributed by atoms with Crippen LogP contribution in [0.15, 0.2) is 42.6 Å². The van der Waals surface area contributed by atoms with Gasteiger partial charge < -0.3 is 5.73 Å². The van der Waals surface area contributed by atoms with Gasteiger partial charge in [0.25, 0.3) is 0 Å². The summed E-state index contributed by atoms with van der Waals surface area (Å²) in [7, 11) is 0. The number of aromatic nitrogens is 1. The van der Waals surface area contributed by atoms with Crippen molar-refractivity contribution in [3.05, 3.63) is 53.9 Å². The summed E-state index contributed by atoms with van der Waals surface area (Å²) in [5.41, 5.74) is 9.69. The highest BCUT2D eigenvalue weighted by Gasteiger charge is 2.20. The van der Waals surface area contributed by atoms with Crippen LogP contribution in [0, 0.1) is 6.92 Å². The molecule has 0 aliphatic heterocycles. The maximum Gasteiger partial charge on any atom is 0.224 e. The van der Waals surface area contributed by atoms with Crippen molar-refractivity contribution in [2.45, 2.75) is 32.6 Å². The zero-order chi connectivity index (χ0) is 14.5. The number of aryl methyl sites for hydroxylation is 1. The van der Waals surface area contributed by atoms with Crippen molar-refractivity contribution in [3.8, 4) is 11.1 Å². The molecule has 104 valence electrons. The first-order chi connectivity index (χ1) is 9.63. The number of hydrogen-bond donors (Lipinski definition) is 1. The molecule has 1 atom stereocenters. The molecule has 3 heteroatoms. The van der Waals surface area contributed by atoms with Gasteiger partial charge in [0.2, 0.25) is 5.91 Å². The highest BCUT2D eigenvalue weighted by atomic mass is 16.1. The van der Waals surface area contributed by atoms with Gasteiger partial charge in [0, 0.05) is 11.9 Å². The van der Waals surface area contributed by atoms with E-state index in [1.54, 1.807) is 6.20 Å². The van der Waals surface area contributed by atoms with E-state index in [0.29, 0.717) is 0 Å². The highest BCUT2D eigenvalue weighted by molar-refractivity contribution is 5.85. The van der Waals surface area contributed by atoms with Gasteiger partial charge in [-0.25, -0.2) is 0 Å². The van der Waals surface area contributed by atoms with E-state index in [2.05, 4.69) is 11.9 Å². The molecule has 0 fully saturated rings. The van der Waals surface area contributed by atoms with E-state index in [-0.39, 0.29) is 11.8 Å². The minimum absolute atomic E-state index is 0.232. The fraction of sp³-hybridized carbons (Fsp3) is 0.294. The molecule has 0 bridgehead atoms. The van der Waals surface area contributed by atoms with Gasteiger partial charge in [0.05, 0.1) is 5.92 Å². The van der Waals surface area contributed by atoms with Crippen molar-refractivity contribution < 1.29 is 4.79 Å². The summed E-state index contributed by atoms with van der Waals surface area (Å²) in [4.78, 5) is 16.0. The second-order valence-corrected chi connectivity index (χ2v) is 5.02. The largest absolute Gasteiger partial charge is 0.369 e. The van der Waals surface area contributed by atoms with Gasteiger partial charge in [-0.3, -0.25) is 9.78 Å². The highest BCUT2D eigenvalue weighted by Crippen LogP contribution is 2.31. The van der Waals surface area contributed by atoms with Gasteiger partial charge in [-0.05, 0) is 42.2 Å². The number of rotatable bonds is 5. The number of nitrogens with zero attached hydrogens (tertiary/aromatic N) is 1. The Morgan fingerprint density at radius 2 is 2.05 bits per heavy atom. The molecule has 1 aromatic carbocycles. The van der Waals surface area contributed by atoms with Gasteiger partial charge in [0.15, 0.2) is 0 Å². The van der Waals surface area contributed by atoms with E-state index in [1.807, 2.05) is 43.3 Å². The minimum Gasteiger partial charge on any atom is -0.369 e. The van der Waals surface area contributed by atoms with Gasteiger partial charge in [-0.1, -0.05) is 37.6 Å². The zero-order valence-corrected chi connectivity index (χ0v) is 12.0. The normalized spacial score (nSPS) is 12.1. The molecule has 20 heavy (non-hydrogen) atoms. The first kappa shape index (κ1) is 14.3. The molecular formula is C17H20N2O. The number of benzene rings is 1. The van der Waals surface area contributed by atoms with Crippen LogP contribution in [0.2, 0.25) is 0 Å². The molecule has 1 amide bonds. The number of hydrogen-bond acceptors (Lipinski definition) is 2. The van der Waals surface area contributed by atoms with Crippen molar-refractivity contribution in [2.75, 3.05) is 0 Å². The molecule has 0 aliphatic rings. The molecule has 0 saturated heterocycles. The van der Waals surface area contributed by atoms with Crippen LogP contribution in [0.1, 0.15) is 36.9 Å². The summed E-state index contributed by atoms with van der Waals surface area (Å²) >= 11 is 0. The Labute approximate surface area is 119 Å². The average molecular weight is 268 g/mol.